The number of thiophene rings is 1. The van der Waals surface area contributed by atoms with Crippen LogP contribution in [0.2, 0.25) is 0 Å². The van der Waals surface area contributed by atoms with Crippen LogP contribution in [0, 0.1) is 44.1 Å². The molecule has 0 spiro atoms. The van der Waals surface area contributed by atoms with E-state index in [9.17, 15) is 9.90 Å². The third kappa shape index (κ3) is 9.54. The van der Waals surface area contributed by atoms with Gasteiger partial charge in [-0.05, 0) is 66.8 Å². The van der Waals surface area contributed by atoms with E-state index >= 15 is 0 Å². The van der Waals surface area contributed by atoms with Crippen LogP contribution >= 0.6 is 11.3 Å². The third-order valence-corrected chi connectivity index (χ3v) is 9.10. The average molecular weight is 778 g/mol. The fourth-order valence-electron chi connectivity index (χ4n) is 5.56. The van der Waals surface area contributed by atoms with Crippen molar-refractivity contribution in [2.24, 2.45) is 17.3 Å². The first-order valence-corrected chi connectivity index (χ1v) is 16.3. The quantitative estimate of drug-likeness (QED) is 0.104. The van der Waals surface area contributed by atoms with Gasteiger partial charge >= 0.3 is 0 Å². The van der Waals surface area contributed by atoms with Crippen LogP contribution in [0.1, 0.15) is 96.5 Å². The summed E-state index contributed by atoms with van der Waals surface area (Å²) in [5, 5.41) is 21.3. The number of carbonyl (C=O) groups excluding carboxylic acids is 1. The van der Waals surface area contributed by atoms with Gasteiger partial charge in [0.15, 0.2) is 5.78 Å². The van der Waals surface area contributed by atoms with Gasteiger partial charge < -0.3 is 5.11 Å². The Morgan fingerprint density at radius 1 is 0.953 bits per heavy atom. The Bertz CT molecular complexity index is 1540. The zero-order chi connectivity index (χ0) is 31.2. The van der Waals surface area contributed by atoms with Crippen molar-refractivity contribution in [3.8, 4) is 11.3 Å². The summed E-state index contributed by atoms with van der Waals surface area (Å²) in [6, 6.07) is 14.7. The van der Waals surface area contributed by atoms with E-state index in [1.807, 2.05) is 39.0 Å². The first-order chi connectivity index (χ1) is 19.8. The third-order valence-electron chi connectivity index (χ3n) is 7.84. The molecule has 235 valence electrons. The van der Waals surface area contributed by atoms with Gasteiger partial charge in [0, 0.05) is 48.4 Å². The summed E-state index contributed by atoms with van der Waals surface area (Å²) >= 11 is 1.83. The van der Waals surface area contributed by atoms with Gasteiger partial charge in [0.25, 0.3) is 0 Å². The van der Waals surface area contributed by atoms with E-state index in [0.717, 1.165) is 54.6 Å². The van der Waals surface area contributed by atoms with Gasteiger partial charge in [0.1, 0.15) is 0 Å². The molecule has 2 aromatic heterocycles. The van der Waals surface area contributed by atoms with Crippen LogP contribution in [0.15, 0.2) is 42.2 Å². The molecule has 4 nitrogen and oxygen atoms in total. The summed E-state index contributed by atoms with van der Waals surface area (Å²) in [5.74, 6) is 0.547. The molecule has 2 heterocycles. The van der Waals surface area contributed by atoms with Crippen LogP contribution in [0.5, 0.6) is 0 Å². The number of hydrogen-bond donors (Lipinski definition) is 1. The number of ketones is 1. The molecule has 4 rings (SSSR count). The maximum Gasteiger partial charge on any atom is 0.162 e. The van der Waals surface area contributed by atoms with Crippen molar-refractivity contribution in [1.82, 2.24) is 10.2 Å². The summed E-state index contributed by atoms with van der Waals surface area (Å²) in [6.07, 6.45) is 5.98. The molecule has 1 N–H and O–H groups in total. The molecule has 43 heavy (non-hydrogen) atoms. The normalized spacial score (nSPS) is 12.0. The van der Waals surface area contributed by atoms with Crippen molar-refractivity contribution in [2.75, 3.05) is 0 Å². The number of hydrogen-bond acceptors (Lipinski definition) is 5. The number of aromatic nitrogens is 2. The van der Waals surface area contributed by atoms with Gasteiger partial charge in [-0.25, -0.2) is 5.10 Å². The number of allylic oxidation sites excluding steroid dienone is 2. The molecule has 0 unspecified atom stereocenters. The molecule has 6 heteroatoms. The predicted molar refractivity (Wildman–Crippen MR) is 180 cm³/mol. The topological polar surface area (TPSA) is 63.1 Å². The second-order valence-electron chi connectivity index (χ2n) is 12.8. The average Bonchev–Trinajstić information content (AvgIpc) is 3.29. The number of carbonyl (C=O) groups is 1. The minimum atomic E-state index is 0. The standard InChI is InChI=1S/C24H25N2S.C13H24O2.Ir/c1-14-9-15(2)11-18(10-14)22-21-19-8-7-17(13-24(4,5)6)12-20(19)27-23(21)16(3)25-26-22;1-5-10(6-2)12(14)9-13(15)11(7-3)8-4;/h7-10,12H,13H2,1-6H3;9-11,14H,5-8H2,1-4H3;/q-1;;/b;12-9-;. The van der Waals surface area contributed by atoms with E-state index in [0.29, 0.717) is 0 Å². The van der Waals surface area contributed by atoms with Gasteiger partial charge in [-0.1, -0.05) is 74.4 Å². The SMILES string of the molecule is CCC(CC)C(=O)/C=C(\O)C(CC)CC.Cc1[c-]c(-c2nnc(C)c3sc4cc(CC(C)(C)C)ccc4c23)cc(C)c1.[Ir]. The van der Waals surface area contributed by atoms with E-state index in [4.69, 9.17) is 0 Å². The van der Waals surface area contributed by atoms with E-state index in [1.165, 1.54) is 37.4 Å². The van der Waals surface area contributed by atoms with Crippen molar-refractivity contribution in [1.29, 1.82) is 0 Å². The van der Waals surface area contributed by atoms with E-state index in [-0.39, 0.29) is 48.9 Å². The summed E-state index contributed by atoms with van der Waals surface area (Å²) in [4.78, 5) is 11.7. The molecule has 1 radical (unpaired) electrons. The van der Waals surface area contributed by atoms with Crippen molar-refractivity contribution in [3.63, 3.8) is 0 Å². The van der Waals surface area contributed by atoms with Gasteiger partial charge in [-0.15, -0.1) is 46.2 Å². The fraction of sp³-hybridized carbons (Fsp3) is 0.486. The van der Waals surface area contributed by atoms with Crippen molar-refractivity contribution < 1.29 is 30.0 Å². The molecular weight excluding hydrogens is 729 g/mol. The van der Waals surface area contributed by atoms with Gasteiger partial charge in [-0.2, -0.15) is 5.10 Å². The number of fused-ring (bicyclic) bond motifs is 3. The minimum absolute atomic E-state index is 0. The molecule has 0 bridgehead atoms. The van der Waals surface area contributed by atoms with Gasteiger partial charge in [-0.3, -0.25) is 4.79 Å². The maximum atomic E-state index is 11.7. The zero-order valence-electron chi connectivity index (χ0n) is 27.6. The molecule has 0 aliphatic heterocycles. The Labute approximate surface area is 276 Å². The van der Waals surface area contributed by atoms with E-state index in [2.05, 4.69) is 88.1 Å². The number of nitrogens with zero attached hydrogens (tertiary/aromatic N) is 2. The van der Waals surface area contributed by atoms with Crippen LogP contribution in [-0.2, 0) is 31.3 Å². The molecule has 0 aliphatic rings. The molecule has 0 aliphatic carbocycles. The molecule has 0 amide bonds. The fourth-order valence-corrected chi connectivity index (χ4v) is 6.77. The van der Waals surface area contributed by atoms with E-state index < -0.39 is 0 Å². The maximum absolute atomic E-state index is 11.7. The monoisotopic (exact) mass is 778 g/mol. The van der Waals surface area contributed by atoms with Crippen LogP contribution in [0.4, 0.5) is 0 Å². The van der Waals surface area contributed by atoms with Crippen LogP contribution in [-0.4, -0.2) is 21.1 Å². The molecule has 0 fully saturated rings. The van der Waals surface area contributed by atoms with Crippen molar-refractivity contribution in [3.05, 3.63) is 70.6 Å². The smallest absolute Gasteiger partial charge is 0.162 e. The Morgan fingerprint density at radius 3 is 2.14 bits per heavy atom. The number of benzene rings is 2. The zero-order valence-corrected chi connectivity index (χ0v) is 30.9. The van der Waals surface area contributed by atoms with Crippen molar-refractivity contribution >= 4 is 37.3 Å². The molecule has 0 atom stereocenters. The number of aliphatic hydroxyl groups excluding tert-OH is 1. The first kappa shape index (κ1) is 36.8. The predicted octanol–water partition coefficient (Wildman–Crippen LogP) is 10.7. The van der Waals surface area contributed by atoms with Gasteiger partial charge in [0.05, 0.1) is 16.2 Å². The second-order valence-corrected chi connectivity index (χ2v) is 13.8. The van der Waals surface area contributed by atoms with Crippen molar-refractivity contribution in [2.45, 2.75) is 101 Å². The summed E-state index contributed by atoms with van der Waals surface area (Å²) in [5.41, 5.74) is 7.00. The Kier molecular flexibility index (Phi) is 13.7. The molecule has 4 aromatic rings. The number of aliphatic hydroxyl groups is 1. The number of aryl methyl sites for hydroxylation is 3. The summed E-state index contributed by atoms with van der Waals surface area (Å²) < 4.78 is 2.55. The Balaban J connectivity index is 0.000000348. The molecule has 0 saturated heterocycles. The van der Waals surface area contributed by atoms with Crippen LogP contribution < -0.4 is 0 Å². The second kappa shape index (κ2) is 16.1. The van der Waals surface area contributed by atoms with E-state index in [1.54, 1.807) is 0 Å². The summed E-state index contributed by atoms with van der Waals surface area (Å²) in [7, 11) is 0. The Hall–Kier alpha value is -2.40. The van der Waals surface area contributed by atoms with Crippen LogP contribution in [0.25, 0.3) is 31.4 Å². The molecule has 0 saturated carbocycles. The summed E-state index contributed by atoms with van der Waals surface area (Å²) in [6.45, 7) is 21.2. The Morgan fingerprint density at radius 2 is 1.58 bits per heavy atom. The minimum Gasteiger partial charge on any atom is -0.512 e. The van der Waals surface area contributed by atoms with Crippen LogP contribution in [0.3, 0.4) is 0 Å². The molecular formula is C37H49IrN2O2S-. The largest absolute Gasteiger partial charge is 0.512 e. The van der Waals surface area contributed by atoms with Gasteiger partial charge in [0.2, 0.25) is 0 Å². The molecule has 2 aromatic carbocycles. The number of rotatable bonds is 9. The first-order valence-electron chi connectivity index (χ1n) is 15.4.